The van der Waals surface area contributed by atoms with Crippen LogP contribution in [-0.4, -0.2) is 106 Å². The number of piperidine rings is 1. The maximum atomic E-state index is 14.6. The van der Waals surface area contributed by atoms with E-state index in [2.05, 4.69) is 69.3 Å². The largest absolute Gasteiger partial charge is 0.508 e. The summed E-state index contributed by atoms with van der Waals surface area (Å²) in [5.74, 6) is -0.135. The first-order chi connectivity index (χ1) is 35.5. The zero-order valence-corrected chi connectivity index (χ0v) is 43.2. The van der Waals surface area contributed by atoms with Crippen molar-refractivity contribution in [3.63, 3.8) is 0 Å². The van der Waals surface area contributed by atoms with Crippen molar-refractivity contribution in [2.75, 3.05) is 13.1 Å². The number of carbonyl (C=O) groups is 3. The van der Waals surface area contributed by atoms with Gasteiger partial charge in [-0.2, -0.15) is 5.10 Å². The van der Waals surface area contributed by atoms with Gasteiger partial charge in [0.2, 0.25) is 11.8 Å². The molecule has 3 aromatic heterocycles. The topological polar surface area (TPSA) is 219 Å². The molecular weight excluding hydrogens is 937 g/mol. The summed E-state index contributed by atoms with van der Waals surface area (Å²) in [5, 5.41) is 35.2. The number of carbonyl (C=O) groups excluding carboxylic acids is 3. The van der Waals surface area contributed by atoms with Crippen molar-refractivity contribution in [1.29, 1.82) is 0 Å². The molecule has 5 fully saturated rings. The van der Waals surface area contributed by atoms with Crippen LogP contribution in [0.2, 0.25) is 0 Å². The summed E-state index contributed by atoms with van der Waals surface area (Å²) in [6.45, 7) is 14.8. The molecule has 0 radical (unpaired) electrons. The van der Waals surface area contributed by atoms with Crippen LogP contribution in [0.3, 0.4) is 0 Å². The monoisotopic (exact) mass is 1010 g/mol. The molecule has 5 heterocycles. The molecule has 6 aromatic rings. The zero-order valence-electron chi connectivity index (χ0n) is 43.2. The number of hydrogen-bond donors (Lipinski definition) is 5. The minimum Gasteiger partial charge on any atom is -0.508 e. The first kappa shape index (κ1) is 50.7. The smallest absolute Gasteiger partial charge is 0.481 e. The summed E-state index contributed by atoms with van der Waals surface area (Å²) in [4.78, 5) is 65.8. The highest BCUT2D eigenvalue weighted by Gasteiger charge is 2.71. The van der Waals surface area contributed by atoms with Gasteiger partial charge >= 0.3 is 12.8 Å². The number of phenolic OH excluding ortho intramolecular Hbond substituents is 2. The van der Waals surface area contributed by atoms with Gasteiger partial charge in [0.25, 0.3) is 5.91 Å². The first-order valence-corrected chi connectivity index (χ1v) is 26.3. The standard InChI is InChI=1S/C56H68BN9O8/c1-33(2)24-49(61-52(70)42(25-36-10-8-7-9-11-36)60-53(71)43-32-58-18-19-59-43)57-73-48-28-38-27-47(55(38,5)6)56(48,74-57)31-50(69)65-21-15-35(16-22-65)14-20-64-23-17-37-26-39(12-13-44(37)64)66-51(62-63-54(66)72)41-29-40(34(3)4)45(67)30-46(41)68/h7-13,17-19,23,26,29-30,32-35,38,42,47-49,67-68H,14-16,20-22,24-25,27-28,31H2,1-6H3,(H,60,71)(H,61,70)(H,63,72)/t38-,42+,47-,48+,49+,56-/m1/s1. The highest BCUT2D eigenvalue weighted by Crippen LogP contribution is 2.67. The van der Waals surface area contributed by atoms with Crippen LogP contribution in [-0.2, 0) is 31.9 Å². The molecule has 0 spiro atoms. The molecule has 74 heavy (non-hydrogen) atoms. The minimum atomic E-state index is -0.920. The fraction of sp³-hybridized carbons (Fsp3) is 0.482. The average Bonchev–Trinajstić information content (AvgIpc) is 4.11. The van der Waals surface area contributed by atoms with Crippen molar-refractivity contribution in [3.05, 3.63) is 119 Å². The van der Waals surface area contributed by atoms with E-state index in [1.807, 2.05) is 73.3 Å². The van der Waals surface area contributed by atoms with Crippen LogP contribution in [0.1, 0.15) is 114 Å². The lowest BCUT2D eigenvalue weighted by Gasteiger charge is -2.65. The van der Waals surface area contributed by atoms with Crippen LogP contribution in [0, 0.1) is 29.1 Å². The Bertz CT molecular complexity index is 3080. The molecule has 3 saturated carbocycles. The number of aromatic nitrogens is 6. The third-order valence-corrected chi connectivity index (χ3v) is 16.7. The van der Waals surface area contributed by atoms with Crippen molar-refractivity contribution in [2.24, 2.45) is 29.1 Å². The summed E-state index contributed by atoms with van der Waals surface area (Å²) in [5.41, 5.74) is 2.28. The molecule has 18 heteroatoms. The van der Waals surface area contributed by atoms with Crippen molar-refractivity contribution in [2.45, 2.75) is 129 Å². The number of amides is 3. The molecule has 2 aliphatic heterocycles. The number of nitrogens with one attached hydrogen (secondary N) is 3. The Morgan fingerprint density at radius 3 is 2.45 bits per heavy atom. The number of hydrogen-bond acceptors (Lipinski definition) is 11. The Kier molecular flexibility index (Phi) is 14.1. The predicted octanol–water partition coefficient (Wildman–Crippen LogP) is 7.35. The van der Waals surface area contributed by atoms with E-state index in [-0.39, 0.29) is 76.9 Å². The molecular formula is C56H68BN9O8. The normalized spacial score (nSPS) is 22.1. The highest BCUT2D eigenvalue weighted by molar-refractivity contribution is 6.48. The van der Waals surface area contributed by atoms with Crippen LogP contribution < -0.4 is 16.3 Å². The van der Waals surface area contributed by atoms with Gasteiger partial charge in [-0.25, -0.2) is 19.4 Å². The summed E-state index contributed by atoms with van der Waals surface area (Å²) < 4.78 is 17.8. The Labute approximate surface area is 431 Å². The number of rotatable bonds is 17. The average molecular weight is 1010 g/mol. The first-order valence-electron chi connectivity index (χ1n) is 26.3. The van der Waals surface area contributed by atoms with E-state index in [0.717, 1.165) is 55.1 Å². The molecule has 5 N–H and O–H groups in total. The third-order valence-electron chi connectivity index (χ3n) is 16.7. The fourth-order valence-corrected chi connectivity index (χ4v) is 12.5. The van der Waals surface area contributed by atoms with Gasteiger partial charge < -0.3 is 39.6 Å². The Hall–Kier alpha value is -6.79. The van der Waals surface area contributed by atoms with Gasteiger partial charge in [-0.1, -0.05) is 71.9 Å². The molecule has 3 aromatic carbocycles. The summed E-state index contributed by atoms with van der Waals surface area (Å²) >= 11 is 0. The van der Waals surface area contributed by atoms with E-state index in [9.17, 15) is 29.4 Å². The number of H-pyrrole nitrogens is 1. The molecule has 3 amide bonds. The van der Waals surface area contributed by atoms with E-state index in [1.165, 1.54) is 29.2 Å². The van der Waals surface area contributed by atoms with Gasteiger partial charge in [0.15, 0.2) is 5.82 Å². The lowest BCUT2D eigenvalue weighted by atomic mass is 9.43. The second-order valence-electron chi connectivity index (χ2n) is 22.5. The molecule has 17 nitrogen and oxygen atoms in total. The second-order valence-corrected chi connectivity index (χ2v) is 22.5. The second kappa shape index (κ2) is 20.5. The van der Waals surface area contributed by atoms with E-state index >= 15 is 0 Å². The lowest BCUT2D eigenvalue weighted by Crippen LogP contribution is -2.68. The maximum Gasteiger partial charge on any atom is 0.481 e. The molecule has 388 valence electrons. The van der Waals surface area contributed by atoms with Crippen molar-refractivity contribution in [1.82, 2.24) is 44.8 Å². The van der Waals surface area contributed by atoms with Crippen molar-refractivity contribution >= 4 is 35.7 Å². The van der Waals surface area contributed by atoms with Gasteiger partial charge in [-0.3, -0.25) is 19.4 Å². The quantitative estimate of drug-likeness (QED) is 0.0569. The Morgan fingerprint density at radius 1 is 0.946 bits per heavy atom. The predicted molar refractivity (Wildman–Crippen MR) is 280 cm³/mol. The minimum absolute atomic E-state index is 0.0166. The lowest BCUT2D eigenvalue weighted by molar-refractivity contribution is -0.212. The Morgan fingerprint density at radius 2 is 1.73 bits per heavy atom. The van der Waals surface area contributed by atoms with Crippen LogP contribution in [0.25, 0.3) is 28.0 Å². The number of aryl methyl sites for hydroxylation is 1. The molecule has 3 aliphatic carbocycles. The van der Waals surface area contributed by atoms with E-state index in [4.69, 9.17) is 9.31 Å². The van der Waals surface area contributed by atoms with E-state index < -0.39 is 36.3 Å². The van der Waals surface area contributed by atoms with Crippen LogP contribution in [0.4, 0.5) is 0 Å². The van der Waals surface area contributed by atoms with Crippen LogP contribution in [0.15, 0.2) is 96.3 Å². The number of aromatic hydroxyl groups is 2. The van der Waals surface area contributed by atoms with Gasteiger partial charge in [-0.15, -0.1) is 0 Å². The SMILES string of the molecule is CC(C)C[C@H](NC(=O)[C@H](Cc1ccccc1)NC(=O)c1cnccn1)B1O[C@H]2C[C@H]3C[C@H](C3(C)C)[C@@]2(CC(=O)N2CCC(CCn3ccc4cc(-n5c(-c6cc(C(C)C)c(O)cc6O)n[nH]c5=O)ccc43)CC2)O1. The van der Waals surface area contributed by atoms with Gasteiger partial charge in [0.05, 0.1) is 41.5 Å². The van der Waals surface area contributed by atoms with Gasteiger partial charge in [0.1, 0.15) is 23.2 Å². The summed E-state index contributed by atoms with van der Waals surface area (Å²) in [6.07, 6.45) is 11.6. The molecule has 6 atom stereocenters. The highest BCUT2D eigenvalue weighted by atomic mass is 16.7. The Balaban J connectivity index is 0.791. The van der Waals surface area contributed by atoms with E-state index in [0.29, 0.717) is 48.2 Å². The zero-order chi connectivity index (χ0) is 52.1. The van der Waals surface area contributed by atoms with Crippen LogP contribution in [0.5, 0.6) is 11.5 Å². The maximum absolute atomic E-state index is 14.6. The number of nitrogens with zero attached hydrogens (tertiary/aromatic N) is 6. The van der Waals surface area contributed by atoms with E-state index in [1.54, 1.807) is 6.07 Å². The van der Waals surface area contributed by atoms with Crippen molar-refractivity contribution in [3.8, 4) is 28.6 Å². The number of phenols is 2. The number of fused-ring (bicyclic) bond motifs is 1. The summed E-state index contributed by atoms with van der Waals surface area (Å²) in [7, 11) is -0.784. The third kappa shape index (κ3) is 9.85. The van der Waals surface area contributed by atoms with Gasteiger partial charge in [0, 0.05) is 61.6 Å². The number of benzene rings is 3. The fourth-order valence-electron chi connectivity index (χ4n) is 12.5. The molecule has 11 rings (SSSR count). The molecule has 2 bridgehead atoms. The van der Waals surface area contributed by atoms with Crippen molar-refractivity contribution < 1.29 is 33.9 Å². The van der Waals surface area contributed by atoms with Gasteiger partial charge in [-0.05, 0) is 115 Å². The molecule has 5 aliphatic rings. The molecule has 0 unspecified atom stereocenters. The number of aromatic amines is 1. The van der Waals surface area contributed by atoms with Crippen LogP contribution >= 0.6 is 0 Å². The molecule has 2 saturated heterocycles. The number of likely N-dealkylation sites (tertiary alicyclic amines) is 1. The summed E-state index contributed by atoms with van der Waals surface area (Å²) in [6, 6.07) is 19.5.